The molecule has 2 fully saturated rings. The second-order valence-electron chi connectivity index (χ2n) is 8.74. The number of ether oxygens (including phenoxy) is 1. The highest BCUT2D eigenvalue weighted by molar-refractivity contribution is 7.14. The van der Waals surface area contributed by atoms with E-state index in [4.69, 9.17) is 4.74 Å². The third kappa shape index (κ3) is 4.12. The van der Waals surface area contributed by atoms with Gasteiger partial charge >= 0.3 is 6.09 Å². The molecule has 1 amide bonds. The number of pyridine rings is 2. The van der Waals surface area contributed by atoms with Gasteiger partial charge in [-0.3, -0.25) is 9.88 Å². The van der Waals surface area contributed by atoms with Gasteiger partial charge in [-0.2, -0.15) is 0 Å². The minimum Gasteiger partial charge on any atom is -0.441 e. The molecule has 0 atom stereocenters. The van der Waals surface area contributed by atoms with Crippen molar-refractivity contribution in [2.45, 2.75) is 38.2 Å². The van der Waals surface area contributed by atoms with E-state index in [0.29, 0.717) is 12.4 Å². The van der Waals surface area contributed by atoms with E-state index in [0.717, 1.165) is 48.7 Å². The first kappa shape index (κ1) is 19.9. The number of nitrogens with zero attached hydrogens (tertiary/aromatic N) is 4. The van der Waals surface area contributed by atoms with Gasteiger partial charge < -0.3 is 10.1 Å². The summed E-state index contributed by atoms with van der Waals surface area (Å²) in [6.07, 6.45) is 6.89. The Hall–Kier alpha value is -3.00. The van der Waals surface area contributed by atoms with Gasteiger partial charge in [0.25, 0.3) is 0 Å². The van der Waals surface area contributed by atoms with Gasteiger partial charge in [-0.25, -0.2) is 14.8 Å². The van der Waals surface area contributed by atoms with Gasteiger partial charge in [0.15, 0.2) is 5.13 Å². The van der Waals surface area contributed by atoms with Crippen LogP contribution in [0.25, 0.3) is 11.4 Å². The van der Waals surface area contributed by atoms with E-state index in [1.54, 1.807) is 28.6 Å². The van der Waals surface area contributed by atoms with Crippen molar-refractivity contribution in [3.63, 3.8) is 0 Å². The molecule has 3 aromatic rings. The predicted octanol–water partition coefficient (Wildman–Crippen LogP) is 4.99. The maximum absolute atomic E-state index is 12.5. The summed E-state index contributed by atoms with van der Waals surface area (Å²) in [6, 6.07) is 11.4. The van der Waals surface area contributed by atoms with Crippen LogP contribution in [0.15, 0.2) is 54.2 Å². The van der Waals surface area contributed by atoms with Crippen LogP contribution in [0.3, 0.4) is 0 Å². The third-order valence-electron chi connectivity index (χ3n) is 6.36. The van der Waals surface area contributed by atoms with Crippen LogP contribution >= 0.6 is 11.3 Å². The molecule has 1 aliphatic heterocycles. The number of anilines is 2. The number of nitrogens with one attached hydrogen (secondary N) is 1. The van der Waals surface area contributed by atoms with E-state index in [2.05, 4.69) is 27.2 Å². The smallest absolute Gasteiger partial charge is 0.416 e. The van der Waals surface area contributed by atoms with Crippen molar-refractivity contribution in [1.29, 1.82) is 0 Å². The second kappa shape index (κ2) is 7.92. The van der Waals surface area contributed by atoms with Crippen LogP contribution in [0.4, 0.5) is 15.7 Å². The van der Waals surface area contributed by atoms with Crippen LogP contribution in [-0.4, -0.2) is 39.7 Å². The highest BCUT2D eigenvalue weighted by Gasteiger charge is 2.50. The summed E-state index contributed by atoms with van der Waals surface area (Å²) >= 11 is 1.60. The van der Waals surface area contributed by atoms with Crippen LogP contribution < -0.4 is 10.2 Å². The molecule has 1 N–H and O–H groups in total. The molecule has 8 heteroatoms. The molecule has 0 aromatic carbocycles. The van der Waals surface area contributed by atoms with Crippen molar-refractivity contribution in [3.05, 3.63) is 54.2 Å². The SMILES string of the molecule is C[C@]1(CNc2nc(-c3ccccn3)cs2)CC[C@]2(CC1)CN(c1ccccn1)C(=O)O2. The number of aromatic nitrogens is 3. The van der Waals surface area contributed by atoms with Gasteiger partial charge in [0.2, 0.25) is 0 Å². The molecule has 1 saturated carbocycles. The molecular formula is C23H25N5O2S. The first-order valence-corrected chi connectivity index (χ1v) is 11.4. The summed E-state index contributed by atoms with van der Waals surface area (Å²) < 4.78 is 5.87. The van der Waals surface area contributed by atoms with Crippen LogP contribution in [-0.2, 0) is 4.74 Å². The summed E-state index contributed by atoms with van der Waals surface area (Å²) in [5.74, 6) is 0.659. The van der Waals surface area contributed by atoms with Gasteiger partial charge in [-0.15, -0.1) is 11.3 Å². The van der Waals surface area contributed by atoms with Crippen LogP contribution in [0.1, 0.15) is 32.6 Å². The summed E-state index contributed by atoms with van der Waals surface area (Å²) in [5.41, 5.74) is 1.51. The third-order valence-corrected chi connectivity index (χ3v) is 7.16. The Labute approximate surface area is 185 Å². The fourth-order valence-electron chi connectivity index (χ4n) is 4.34. The van der Waals surface area contributed by atoms with Crippen molar-refractivity contribution in [2.24, 2.45) is 5.41 Å². The highest BCUT2D eigenvalue weighted by Crippen LogP contribution is 2.45. The molecular weight excluding hydrogens is 410 g/mol. The van der Waals surface area contributed by atoms with E-state index in [1.165, 1.54) is 0 Å². The maximum Gasteiger partial charge on any atom is 0.416 e. The summed E-state index contributed by atoms with van der Waals surface area (Å²) in [6.45, 7) is 3.72. The minimum absolute atomic E-state index is 0.132. The van der Waals surface area contributed by atoms with Gasteiger partial charge in [0, 0.05) is 24.3 Å². The molecule has 2 aliphatic rings. The molecule has 1 aliphatic carbocycles. The van der Waals surface area contributed by atoms with E-state index >= 15 is 0 Å². The van der Waals surface area contributed by atoms with Gasteiger partial charge in [-0.1, -0.05) is 19.1 Å². The largest absolute Gasteiger partial charge is 0.441 e. The molecule has 1 saturated heterocycles. The van der Waals surface area contributed by atoms with E-state index < -0.39 is 5.60 Å². The number of hydrogen-bond donors (Lipinski definition) is 1. The molecule has 160 valence electrons. The molecule has 0 radical (unpaired) electrons. The van der Waals surface area contributed by atoms with Crippen LogP contribution in [0.5, 0.6) is 0 Å². The van der Waals surface area contributed by atoms with Crippen molar-refractivity contribution in [2.75, 3.05) is 23.3 Å². The molecule has 5 rings (SSSR count). The number of hydrogen-bond acceptors (Lipinski definition) is 7. The Morgan fingerprint density at radius 2 is 1.84 bits per heavy atom. The predicted molar refractivity (Wildman–Crippen MR) is 121 cm³/mol. The second-order valence-corrected chi connectivity index (χ2v) is 9.60. The molecule has 7 nitrogen and oxygen atoms in total. The van der Waals surface area contributed by atoms with Crippen molar-refractivity contribution < 1.29 is 9.53 Å². The van der Waals surface area contributed by atoms with Crippen LogP contribution in [0, 0.1) is 5.41 Å². The first-order valence-electron chi connectivity index (χ1n) is 10.6. The lowest BCUT2D eigenvalue weighted by Crippen LogP contribution is -2.43. The van der Waals surface area contributed by atoms with Gasteiger partial charge in [-0.05, 0) is 55.4 Å². The highest BCUT2D eigenvalue weighted by atomic mass is 32.1. The topological polar surface area (TPSA) is 80.2 Å². The van der Waals surface area contributed by atoms with Crippen LogP contribution in [0.2, 0.25) is 0 Å². The average Bonchev–Trinajstić information content (AvgIpc) is 3.41. The molecule has 1 spiro atoms. The monoisotopic (exact) mass is 435 g/mol. The van der Waals surface area contributed by atoms with E-state index in [-0.39, 0.29) is 11.5 Å². The molecule has 0 bridgehead atoms. The van der Waals surface area contributed by atoms with Crippen molar-refractivity contribution >= 4 is 28.4 Å². The Balaban J connectivity index is 1.19. The summed E-state index contributed by atoms with van der Waals surface area (Å²) in [7, 11) is 0. The van der Waals surface area contributed by atoms with Crippen molar-refractivity contribution in [3.8, 4) is 11.4 Å². The lowest BCUT2D eigenvalue weighted by atomic mass is 9.69. The zero-order valence-corrected chi connectivity index (χ0v) is 18.3. The Morgan fingerprint density at radius 3 is 2.55 bits per heavy atom. The standard InChI is InChI=1S/C23H25N5O2S/c1-22(15-26-20-27-18(14-31-20)17-6-2-4-12-24-17)8-10-23(11-9-22)16-28(21(29)30-23)19-7-3-5-13-25-19/h2-7,12-14H,8-11,15-16H2,1H3,(H,26,27)/t22-,23-. The van der Waals surface area contributed by atoms with Crippen molar-refractivity contribution in [1.82, 2.24) is 15.0 Å². The van der Waals surface area contributed by atoms with Gasteiger partial charge in [0.05, 0.1) is 12.2 Å². The lowest BCUT2D eigenvalue weighted by molar-refractivity contribution is -0.00435. The molecule has 0 unspecified atom stereocenters. The van der Waals surface area contributed by atoms with E-state index in [1.807, 2.05) is 41.8 Å². The Kier molecular flexibility index (Phi) is 5.09. The summed E-state index contributed by atoms with van der Waals surface area (Å²) in [5, 5.41) is 6.47. The number of amides is 1. The molecule has 31 heavy (non-hydrogen) atoms. The maximum atomic E-state index is 12.5. The zero-order chi connectivity index (χ0) is 21.3. The number of carbonyl (C=O) groups excluding carboxylic acids is 1. The lowest BCUT2D eigenvalue weighted by Gasteiger charge is -2.41. The fourth-order valence-corrected chi connectivity index (χ4v) is 5.04. The quantitative estimate of drug-likeness (QED) is 0.608. The van der Waals surface area contributed by atoms with Gasteiger partial charge in [0.1, 0.15) is 17.1 Å². The number of rotatable bonds is 5. The Bertz CT molecular complexity index is 1050. The Morgan fingerprint density at radius 1 is 1.06 bits per heavy atom. The van der Waals surface area contributed by atoms with E-state index in [9.17, 15) is 4.79 Å². The normalized spacial score (nSPS) is 25.6. The molecule has 4 heterocycles. The minimum atomic E-state index is -0.401. The average molecular weight is 436 g/mol. The number of thiazole rings is 1. The first-order chi connectivity index (χ1) is 15.0. The fraction of sp³-hybridized carbons (Fsp3) is 0.391. The molecule has 3 aromatic heterocycles. The number of carbonyl (C=O) groups is 1. The zero-order valence-electron chi connectivity index (χ0n) is 17.5. The summed E-state index contributed by atoms with van der Waals surface area (Å²) in [4.78, 5) is 27.5.